The standard InChI is InChI=1S/C16H17Cl/c1-16(2,3)15-13(10-7-11-14(15)17)12-8-5-4-6-9-12/h4-11H,1-3H3. The second-order valence-electron chi connectivity index (χ2n) is 5.28. The van der Waals surface area contributed by atoms with Gasteiger partial charge in [-0.05, 0) is 28.2 Å². The fourth-order valence-electron chi connectivity index (χ4n) is 2.14. The largest absolute Gasteiger partial charge is 0.0840 e. The molecule has 88 valence electrons. The van der Waals surface area contributed by atoms with Gasteiger partial charge in [0, 0.05) is 5.02 Å². The van der Waals surface area contributed by atoms with Crippen LogP contribution in [0.2, 0.25) is 5.02 Å². The first-order valence-corrected chi connectivity index (χ1v) is 6.22. The van der Waals surface area contributed by atoms with Crippen LogP contribution in [0, 0.1) is 0 Å². The average Bonchev–Trinajstić information content (AvgIpc) is 2.28. The second kappa shape index (κ2) is 4.54. The van der Waals surface area contributed by atoms with Gasteiger partial charge in [0.15, 0.2) is 0 Å². The summed E-state index contributed by atoms with van der Waals surface area (Å²) in [5, 5.41) is 0.846. The van der Waals surface area contributed by atoms with Crippen LogP contribution in [-0.2, 0) is 5.41 Å². The number of hydrogen-bond donors (Lipinski definition) is 0. The fourth-order valence-corrected chi connectivity index (χ4v) is 2.60. The minimum atomic E-state index is 0.0452. The van der Waals surface area contributed by atoms with Crippen molar-refractivity contribution < 1.29 is 0 Å². The van der Waals surface area contributed by atoms with Crippen molar-refractivity contribution in [3.63, 3.8) is 0 Å². The minimum absolute atomic E-state index is 0.0452. The number of hydrogen-bond acceptors (Lipinski definition) is 0. The molecule has 0 unspecified atom stereocenters. The maximum Gasteiger partial charge on any atom is 0.0449 e. The summed E-state index contributed by atoms with van der Waals surface area (Å²) in [6.07, 6.45) is 0. The van der Waals surface area contributed by atoms with Gasteiger partial charge in [-0.2, -0.15) is 0 Å². The summed E-state index contributed by atoms with van der Waals surface area (Å²) < 4.78 is 0. The van der Waals surface area contributed by atoms with Crippen molar-refractivity contribution in [2.24, 2.45) is 0 Å². The Morgan fingerprint density at radius 2 is 1.47 bits per heavy atom. The highest BCUT2D eigenvalue weighted by Gasteiger charge is 2.21. The smallest absolute Gasteiger partial charge is 0.0449 e. The van der Waals surface area contributed by atoms with Crippen molar-refractivity contribution in [3.8, 4) is 11.1 Å². The molecule has 0 amide bonds. The molecule has 0 saturated heterocycles. The predicted molar refractivity (Wildman–Crippen MR) is 75.6 cm³/mol. The van der Waals surface area contributed by atoms with E-state index >= 15 is 0 Å². The Morgan fingerprint density at radius 1 is 0.824 bits per heavy atom. The lowest BCUT2D eigenvalue weighted by atomic mass is 9.82. The van der Waals surface area contributed by atoms with Crippen molar-refractivity contribution in [3.05, 3.63) is 59.1 Å². The van der Waals surface area contributed by atoms with Gasteiger partial charge in [-0.25, -0.2) is 0 Å². The molecule has 1 heteroatoms. The topological polar surface area (TPSA) is 0 Å². The molecule has 0 aliphatic carbocycles. The Labute approximate surface area is 108 Å². The van der Waals surface area contributed by atoms with Gasteiger partial charge in [0.2, 0.25) is 0 Å². The van der Waals surface area contributed by atoms with E-state index in [1.165, 1.54) is 16.7 Å². The van der Waals surface area contributed by atoms with E-state index in [-0.39, 0.29) is 5.41 Å². The first-order chi connectivity index (χ1) is 8.00. The van der Waals surface area contributed by atoms with Crippen LogP contribution in [0.15, 0.2) is 48.5 Å². The van der Waals surface area contributed by atoms with Crippen molar-refractivity contribution in [1.29, 1.82) is 0 Å². The molecule has 0 heterocycles. The van der Waals surface area contributed by atoms with Gasteiger partial charge >= 0.3 is 0 Å². The Bertz CT molecular complexity index is 507. The van der Waals surface area contributed by atoms with Crippen LogP contribution >= 0.6 is 11.6 Å². The molecule has 2 rings (SSSR count). The summed E-state index contributed by atoms with van der Waals surface area (Å²) in [5.74, 6) is 0. The van der Waals surface area contributed by atoms with E-state index in [0.29, 0.717) is 0 Å². The van der Waals surface area contributed by atoms with Gasteiger partial charge in [0.05, 0.1) is 0 Å². The first-order valence-electron chi connectivity index (χ1n) is 5.84. The molecular weight excluding hydrogens is 228 g/mol. The highest BCUT2D eigenvalue weighted by atomic mass is 35.5. The van der Waals surface area contributed by atoms with Crippen LogP contribution < -0.4 is 0 Å². The van der Waals surface area contributed by atoms with Gasteiger partial charge < -0.3 is 0 Å². The van der Waals surface area contributed by atoms with E-state index in [2.05, 4.69) is 51.1 Å². The third-order valence-corrected chi connectivity index (χ3v) is 3.16. The molecule has 0 atom stereocenters. The van der Waals surface area contributed by atoms with E-state index < -0.39 is 0 Å². The van der Waals surface area contributed by atoms with Gasteiger partial charge in [-0.3, -0.25) is 0 Å². The van der Waals surface area contributed by atoms with Crippen LogP contribution in [0.5, 0.6) is 0 Å². The van der Waals surface area contributed by atoms with Crippen molar-refractivity contribution in [2.45, 2.75) is 26.2 Å². The number of benzene rings is 2. The molecule has 17 heavy (non-hydrogen) atoms. The summed E-state index contributed by atoms with van der Waals surface area (Å²) in [4.78, 5) is 0. The lowest BCUT2D eigenvalue weighted by Crippen LogP contribution is -2.13. The molecule has 0 N–H and O–H groups in total. The van der Waals surface area contributed by atoms with E-state index in [4.69, 9.17) is 11.6 Å². The Kier molecular flexibility index (Phi) is 3.26. The molecule has 0 fully saturated rings. The molecule has 0 aromatic heterocycles. The van der Waals surface area contributed by atoms with E-state index in [1.54, 1.807) is 0 Å². The van der Waals surface area contributed by atoms with Gasteiger partial charge in [-0.15, -0.1) is 0 Å². The summed E-state index contributed by atoms with van der Waals surface area (Å²) in [5.41, 5.74) is 3.71. The predicted octanol–water partition coefficient (Wildman–Crippen LogP) is 5.30. The van der Waals surface area contributed by atoms with E-state index in [1.807, 2.05) is 18.2 Å². The molecule has 0 aliphatic heterocycles. The molecule has 0 spiro atoms. The minimum Gasteiger partial charge on any atom is -0.0840 e. The van der Waals surface area contributed by atoms with Crippen LogP contribution in [0.4, 0.5) is 0 Å². The van der Waals surface area contributed by atoms with Crippen LogP contribution in [0.3, 0.4) is 0 Å². The summed E-state index contributed by atoms with van der Waals surface area (Å²) in [6, 6.07) is 16.5. The molecule has 0 radical (unpaired) electrons. The molecular formula is C16H17Cl. The highest BCUT2D eigenvalue weighted by molar-refractivity contribution is 6.32. The summed E-state index contributed by atoms with van der Waals surface area (Å²) in [7, 11) is 0. The van der Waals surface area contributed by atoms with E-state index in [0.717, 1.165) is 5.02 Å². The molecule has 2 aromatic rings. The first kappa shape index (κ1) is 12.2. The maximum absolute atomic E-state index is 6.36. The van der Waals surface area contributed by atoms with Gasteiger partial charge in [-0.1, -0.05) is 74.8 Å². The third kappa shape index (κ3) is 2.53. The quantitative estimate of drug-likeness (QED) is 0.638. The Balaban J connectivity index is 2.67. The molecule has 0 bridgehead atoms. The zero-order valence-corrected chi connectivity index (χ0v) is 11.3. The van der Waals surface area contributed by atoms with Crippen molar-refractivity contribution >= 4 is 11.6 Å². The second-order valence-corrected chi connectivity index (χ2v) is 5.69. The van der Waals surface area contributed by atoms with Gasteiger partial charge in [0.1, 0.15) is 0 Å². The fraction of sp³-hybridized carbons (Fsp3) is 0.250. The zero-order chi connectivity index (χ0) is 12.5. The Morgan fingerprint density at radius 3 is 2.06 bits per heavy atom. The van der Waals surface area contributed by atoms with Crippen molar-refractivity contribution in [2.75, 3.05) is 0 Å². The monoisotopic (exact) mass is 244 g/mol. The maximum atomic E-state index is 6.36. The van der Waals surface area contributed by atoms with Crippen molar-refractivity contribution in [1.82, 2.24) is 0 Å². The molecule has 0 aliphatic rings. The lowest BCUT2D eigenvalue weighted by molar-refractivity contribution is 0.592. The number of halogens is 1. The van der Waals surface area contributed by atoms with Crippen LogP contribution in [-0.4, -0.2) is 0 Å². The lowest BCUT2D eigenvalue weighted by Gasteiger charge is -2.24. The molecule has 2 aromatic carbocycles. The number of rotatable bonds is 1. The Hall–Kier alpha value is -1.27. The summed E-state index contributed by atoms with van der Waals surface area (Å²) in [6.45, 7) is 6.59. The van der Waals surface area contributed by atoms with Crippen LogP contribution in [0.1, 0.15) is 26.3 Å². The zero-order valence-electron chi connectivity index (χ0n) is 10.5. The molecule has 0 nitrogen and oxygen atoms in total. The normalized spacial score (nSPS) is 11.5. The SMILES string of the molecule is CC(C)(C)c1c(Cl)cccc1-c1ccccc1. The highest BCUT2D eigenvalue weighted by Crippen LogP contribution is 2.37. The summed E-state index contributed by atoms with van der Waals surface area (Å²) >= 11 is 6.36. The third-order valence-electron chi connectivity index (χ3n) is 2.85. The van der Waals surface area contributed by atoms with Crippen LogP contribution in [0.25, 0.3) is 11.1 Å². The average molecular weight is 245 g/mol. The molecule has 0 saturated carbocycles. The van der Waals surface area contributed by atoms with Gasteiger partial charge in [0.25, 0.3) is 0 Å². The van der Waals surface area contributed by atoms with E-state index in [9.17, 15) is 0 Å².